The Kier molecular flexibility index (Phi) is 3.87. The summed E-state index contributed by atoms with van der Waals surface area (Å²) in [5.41, 5.74) is -3.75. The molecule has 3 nitrogen and oxygen atoms in total. The number of methoxy groups -OCH3 is 1. The SMILES string of the molecule is COc1cc(C(F)F)c(C(F)(F)F)c(CO)n1. The molecule has 0 aromatic carbocycles. The highest BCUT2D eigenvalue weighted by molar-refractivity contribution is 5.38. The second-order valence-corrected chi connectivity index (χ2v) is 3.03. The Hall–Kier alpha value is -1.44. The number of aliphatic hydroxyl groups is 1. The zero-order valence-corrected chi connectivity index (χ0v) is 8.55. The molecule has 1 aromatic rings. The molecule has 0 aliphatic carbocycles. The van der Waals surface area contributed by atoms with Crippen LogP contribution in [0, 0.1) is 0 Å². The van der Waals surface area contributed by atoms with Gasteiger partial charge in [-0.05, 0) is 0 Å². The molecule has 0 aliphatic heterocycles. The highest BCUT2D eigenvalue weighted by Crippen LogP contribution is 2.39. The number of alkyl halides is 5. The summed E-state index contributed by atoms with van der Waals surface area (Å²) in [7, 11) is 1.08. The van der Waals surface area contributed by atoms with E-state index in [4.69, 9.17) is 5.11 Å². The first-order valence-corrected chi connectivity index (χ1v) is 4.35. The Morgan fingerprint density at radius 2 is 2.00 bits per heavy atom. The lowest BCUT2D eigenvalue weighted by molar-refractivity contribution is -0.141. The average Bonchev–Trinajstić information content (AvgIpc) is 2.25. The molecular formula is C9H8F5NO2. The summed E-state index contributed by atoms with van der Waals surface area (Å²) in [5.74, 6) is -0.405. The zero-order valence-electron chi connectivity index (χ0n) is 8.55. The maximum atomic E-state index is 12.6. The Balaban J connectivity index is 3.53. The molecule has 0 fully saturated rings. The fraction of sp³-hybridized carbons (Fsp3) is 0.444. The molecule has 0 bridgehead atoms. The van der Waals surface area contributed by atoms with Crippen LogP contribution >= 0.6 is 0 Å². The smallest absolute Gasteiger partial charge is 0.418 e. The van der Waals surface area contributed by atoms with Crippen molar-refractivity contribution in [3.05, 3.63) is 22.9 Å². The molecule has 0 saturated heterocycles. The van der Waals surface area contributed by atoms with Gasteiger partial charge < -0.3 is 9.84 Å². The molecule has 0 atom stereocenters. The van der Waals surface area contributed by atoms with Crippen molar-refractivity contribution in [2.45, 2.75) is 19.2 Å². The fourth-order valence-corrected chi connectivity index (χ4v) is 1.31. The van der Waals surface area contributed by atoms with E-state index in [1.165, 1.54) is 0 Å². The van der Waals surface area contributed by atoms with E-state index in [-0.39, 0.29) is 0 Å². The van der Waals surface area contributed by atoms with Gasteiger partial charge in [-0.25, -0.2) is 13.8 Å². The number of rotatable bonds is 3. The Bertz CT molecular complexity index is 405. The fourth-order valence-electron chi connectivity index (χ4n) is 1.31. The van der Waals surface area contributed by atoms with Gasteiger partial charge in [0.2, 0.25) is 5.88 Å². The number of nitrogens with zero attached hydrogens (tertiary/aromatic N) is 1. The lowest BCUT2D eigenvalue weighted by Gasteiger charge is -2.16. The van der Waals surface area contributed by atoms with E-state index in [1.807, 2.05) is 0 Å². The first kappa shape index (κ1) is 13.6. The van der Waals surface area contributed by atoms with Crippen molar-refractivity contribution in [1.82, 2.24) is 4.98 Å². The molecular weight excluding hydrogens is 249 g/mol. The maximum Gasteiger partial charge on any atom is 0.418 e. The summed E-state index contributed by atoms with van der Waals surface area (Å²) in [4.78, 5) is 3.29. The van der Waals surface area contributed by atoms with Gasteiger partial charge in [-0.15, -0.1) is 0 Å². The molecule has 96 valence electrons. The van der Waals surface area contributed by atoms with Crippen LogP contribution in [0.25, 0.3) is 0 Å². The molecule has 8 heteroatoms. The highest BCUT2D eigenvalue weighted by atomic mass is 19.4. The van der Waals surface area contributed by atoms with Gasteiger partial charge in [-0.3, -0.25) is 0 Å². The molecule has 1 heterocycles. The van der Waals surface area contributed by atoms with E-state index in [0.29, 0.717) is 6.07 Å². The van der Waals surface area contributed by atoms with Crippen LogP contribution in [-0.2, 0) is 12.8 Å². The van der Waals surface area contributed by atoms with Crippen LogP contribution in [0.3, 0.4) is 0 Å². The number of ether oxygens (including phenoxy) is 1. The topological polar surface area (TPSA) is 42.4 Å². The number of hydrogen-bond donors (Lipinski definition) is 1. The largest absolute Gasteiger partial charge is 0.481 e. The van der Waals surface area contributed by atoms with Crippen molar-refractivity contribution in [3.63, 3.8) is 0 Å². The van der Waals surface area contributed by atoms with Crippen LogP contribution in [0.5, 0.6) is 5.88 Å². The monoisotopic (exact) mass is 257 g/mol. The molecule has 0 saturated carbocycles. The number of halogens is 5. The van der Waals surface area contributed by atoms with Crippen LogP contribution < -0.4 is 4.74 Å². The molecule has 1 rings (SSSR count). The normalized spacial score (nSPS) is 12.0. The third kappa shape index (κ3) is 2.82. The number of pyridine rings is 1. The van der Waals surface area contributed by atoms with E-state index in [9.17, 15) is 22.0 Å². The van der Waals surface area contributed by atoms with Crippen LogP contribution in [-0.4, -0.2) is 17.2 Å². The number of aliphatic hydroxyl groups excluding tert-OH is 1. The lowest BCUT2D eigenvalue weighted by Crippen LogP contribution is -2.15. The standard InChI is InChI=1S/C9H8F5NO2/c1-17-6-2-4(8(10)11)7(9(12,13)14)5(3-16)15-6/h2,8,16H,3H2,1H3. The highest BCUT2D eigenvalue weighted by Gasteiger charge is 2.39. The maximum absolute atomic E-state index is 12.6. The summed E-state index contributed by atoms with van der Waals surface area (Å²) in [6, 6.07) is 0.507. The minimum atomic E-state index is -5.01. The molecule has 0 aliphatic rings. The molecule has 1 N–H and O–H groups in total. The third-order valence-corrected chi connectivity index (χ3v) is 1.98. The lowest BCUT2D eigenvalue weighted by atomic mass is 10.1. The van der Waals surface area contributed by atoms with Crippen LogP contribution in [0.2, 0.25) is 0 Å². The number of aromatic nitrogens is 1. The molecule has 0 spiro atoms. The summed E-state index contributed by atoms with van der Waals surface area (Å²) in [6.07, 6.45) is -8.35. The van der Waals surface area contributed by atoms with Crippen LogP contribution in [0.15, 0.2) is 6.07 Å². The molecule has 17 heavy (non-hydrogen) atoms. The zero-order chi connectivity index (χ0) is 13.2. The van der Waals surface area contributed by atoms with Gasteiger partial charge in [0.05, 0.1) is 25.0 Å². The summed E-state index contributed by atoms with van der Waals surface area (Å²) >= 11 is 0. The Labute approximate surface area is 92.8 Å². The Morgan fingerprint density at radius 1 is 1.41 bits per heavy atom. The number of hydrogen-bond acceptors (Lipinski definition) is 3. The third-order valence-electron chi connectivity index (χ3n) is 1.98. The van der Waals surface area contributed by atoms with Gasteiger partial charge in [-0.2, -0.15) is 13.2 Å². The van der Waals surface area contributed by atoms with E-state index in [0.717, 1.165) is 7.11 Å². The second-order valence-electron chi connectivity index (χ2n) is 3.03. The van der Waals surface area contributed by atoms with Crippen molar-refractivity contribution in [2.24, 2.45) is 0 Å². The van der Waals surface area contributed by atoms with E-state index in [1.54, 1.807) is 0 Å². The first-order chi connectivity index (χ1) is 7.81. The molecule has 0 amide bonds. The van der Waals surface area contributed by atoms with Crippen molar-refractivity contribution in [2.75, 3.05) is 7.11 Å². The van der Waals surface area contributed by atoms with Gasteiger partial charge >= 0.3 is 6.18 Å². The van der Waals surface area contributed by atoms with Gasteiger partial charge in [0.25, 0.3) is 6.43 Å². The predicted octanol–water partition coefficient (Wildman–Crippen LogP) is 2.54. The minimum Gasteiger partial charge on any atom is -0.481 e. The van der Waals surface area contributed by atoms with E-state index < -0.39 is 41.9 Å². The molecule has 0 unspecified atom stereocenters. The predicted molar refractivity (Wildman–Crippen MR) is 46.7 cm³/mol. The van der Waals surface area contributed by atoms with Gasteiger partial charge in [0.1, 0.15) is 0 Å². The summed E-state index contributed by atoms with van der Waals surface area (Å²) in [5, 5.41) is 8.74. The van der Waals surface area contributed by atoms with Crippen molar-refractivity contribution >= 4 is 0 Å². The van der Waals surface area contributed by atoms with Gasteiger partial charge in [0, 0.05) is 11.6 Å². The van der Waals surface area contributed by atoms with E-state index in [2.05, 4.69) is 9.72 Å². The summed E-state index contributed by atoms with van der Waals surface area (Å²) < 4.78 is 67.2. The first-order valence-electron chi connectivity index (χ1n) is 4.35. The quantitative estimate of drug-likeness (QED) is 0.846. The van der Waals surface area contributed by atoms with Gasteiger partial charge in [0.15, 0.2) is 0 Å². The van der Waals surface area contributed by atoms with Crippen LogP contribution in [0.1, 0.15) is 23.2 Å². The van der Waals surface area contributed by atoms with Crippen LogP contribution in [0.4, 0.5) is 22.0 Å². The van der Waals surface area contributed by atoms with E-state index >= 15 is 0 Å². The molecule has 0 radical (unpaired) electrons. The Morgan fingerprint density at radius 3 is 2.35 bits per heavy atom. The van der Waals surface area contributed by atoms with Crippen molar-refractivity contribution < 1.29 is 31.8 Å². The van der Waals surface area contributed by atoms with Gasteiger partial charge in [-0.1, -0.05) is 0 Å². The van der Waals surface area contributed by atoms with Crippen molar-refractivity contribution in [1.29, 1.82) is 0 Å². The van der Waals surface area contributed by atoms with Crippen molar-refractivity contribution in [3.8, 4) is 5.88 Å². The molecule has 1 aromatic heterocycles. The average molecular weight is 257 g/mol. The summed E-state index contributed by atoms with van der Waals surface area (Å²) in [6.45, 7) is -1.11. The minimum absolute atomic E-state index is 0.405. The second kappa shape index (κ2) is 4.82.